The molecule has 0 radical (unpaired) electrons. The number of nitrogens with zero attached hydrogens (tertiary/aromatic N) is 2. The number of carbonyl (C=O) groups excluding carboxylic acids is 1. The number of aromatic nitrogens is 2. The zero-order valence-electron chi connectivity index (χ0n) is 8.64. The van der Waals surface area contributed by atoms with E-state index in [1.54, 1.807) is 41.5 Å². The summed E-state index contributed by atoms with van der Waals surface area (Å²) in [7, 11) is 0. The van der Waals surface area contributed by atoms with Gasteiger partial charge >= 0.3 is 0 Å². The number of hydrogen-bond acceptors (Lipinski definition) is 2. The van der Waals surface area contributed by atoms with Gasteiger partial charge in [-0.1, -0.05) is 23.2 Å². The molecule has 17 heavy (non-hydrogen) atoms. The van der Waals surface area contributed by atoms with Crippen molar-refractivity contribution in [1.82, 2.24) is 9.55 Å². The van der Waals surface area contributed by atoms with Crippen molar-refractivity contribution in [3.63, 3.8) is 0 Å². The molecule has 0 N–H and O–H groups in total. The van der Waals surface area contributed by atoms with E-state index in [0.29, 0.717) is 15.6 Å². The summed E-state index contributed by atoms with van der Waals surface area (Å²) in [4.78, 5) is 15.7. The molecule has 0 aliphatic carbocycles. The molecule has 0 aliphatic rings. The molecule has 0 bridgehead atoms. The van der Waals surface area contributed by atoms with Crippen molar-refractivity contribution in [2.75, 3.05) is 0 Å². The van der Waals surface area contributed by atoms with Gasteiger partial charge in [-0.15, -0.1) is 12.4 Å². The van der Waals surface area contributed by atoms with Gasteiger partial charge in [-0.25, -0.2) is 4.98 Å². The minimum absolute atomic E-state index is 0. The highest BCUT2D eigenvalue weighted by atomic mass is 35.5. The highest BCUT2D eigenvalue weighted by molar-refractivity contribution is 6.36. The summed E-state index contributed by atoms with van der Waals surface area (Å²) in [5.41, 5.74) is 0.472. The average Bonchev–Trinajstić information content (AvgIpc) is 2.70. The summed E-state index contributed by atoms with van der Waals surface area (Å²) in [6, 6.07) is 4.84. The van der Waals surface area contributed by atoms with Crippen LogP contribution in [0.25, 0.3) is 0 Å². The summed E-state index contributed by atoms with van der Waals surface area (Å²) in [5, 5.41) is 0.891. The molecule has 1 aromatic heterocycles. The molecule has 0 fully saturated rings. The second-order valence-corrected chi connectivity index (χ2v) is 4.13. The molecule has 2 aromatic rings. The number of imidazole rings is 1. The van der Waals surface area contributed by atoms with E-state index < -0.39 is 0 Å². The molecule has 0 saturated heterocycles. The van der Waals surface area contributed by atoms with Crippen molar-refractivity contribution in [3.05, 3.63) is 52.5 Å². The summed E-state index contributed by atoms with van der Waals surface area (Å²) >= 11 is 11.7. The molecule has 0 unspecified atom stereocenters. The number of benzene rings is 1. The Morgan fingerprint density at radius 3 is 2.71 bits per heavy atom. The largest absolute Gasteiger partial charge is 0.330 e. The van der Waals surface area contributed by atoms with Gasteiger partial charge in [-0.2, -0.15) is 0 Å². The zero-order chi connectivity index (χ0) is 11.5. The molecular formula is C11H9Cl3N2O. The second-order valence-electron chi connectivity index (χ2n) is 3.28. The van der Waals surface area contributed by atoms with Gasteiger partial charge in [-0.05, 0) is 18.2 Å². The van der Waals surface area contributed by atoms with E-state index in [1.807, 2.05) is 0 Å². The summed E-state index contributed by atoms with van der Waals surface area (Å²) in [5.74, 6) is -0.0698. The summed E-state index contributed by atoms with van der Waals surface area (Å²) in [6.07, 6.45) is 4.93. The third kappa shape index (κ3) is 3.46. The Morgan fingerprint density at radius 2 is 2.12 bits per heavy atom. The fourth-order valence-electron chi connectivity index (χ4n) is 1.35. The molecule has 2 rings (SSSR count). The fraction of sp³-hybridized carbons (Fsp3) is 0.0909. The van der Waals surface area contributed by atoms with Crippen LogP contribution in [-0.4, -0.2) is 15.3 Å². The molecule has 1 heterocycles. The smallest absolute Gasteiger partial charge is 0.184 e. The van der Waals surface area contributed by atoms with Crippen LogP contribution in [0.2, 0.25) is 10.0 Å². The van der Waals surface area contributed by atoms with Crippen LogP contribution in [0, 0.1) is 0 Å². The van der Waals surface area contributed by atoms with Crippen LogP contribution in [0.15, 0.2) is 36.9 Å². The maximum atomic E-state index is 11.9. The van der Waals surface area contributed by atoms with Crippen molar-refractivity contribution >= 4 is 41.4 Å². The van der Waals surface area contributed by atoms with Crippen LogP contribution < -0.4 is 0 Å². The molecule has 0 saturated carbocycles. The van der Waals surface area contributed by atoms with Crippen LogP contribution in [0.5, 0.6) is 0 Å². The van der Waals surface area contributed by atoms with Gasteiger partial charge in [0.2, 0.25) is 0 Å². The number of ketones is 1. The summed E-state index contributed by atoms with van der Waals surface area (Å²) < 4.78 is 1.69. The Hall–Kier alpha value is -1.03. The molecule has 6 heteroatoms. The van der Waals surface area contributed by atoms with Crippen molar-refractivity contribution in [3.8, 4) is 0 Å². The van der Waals surface area contributed by atoms with Gasteiger partial charge in [0, 0.05) is 23.0 Å². The molecular weight excluding hydrogens is 282 g/mol. The Kier molecular flexibility index (Phi) is 5.00. The Balaban J connectivity index is 0.00000144. The van der Waals surface area contributed by atoms with Crippen molar-refractivity contribution < 1.29 is 4.79 Å². The number of rotatable bonds is 3. The van der Waals surface area contributed by atoms with E-state index in [2.05, 4.69) is 4.98 Å². The van der Waals surface area contributed by atoms with Gasteiger partial charge < -0.3 is 4.57 Å². The van der Waals surface area contributed by atoms with Crippen molar-refractivity contribution in [2.24, 2.45) is 0 Å². The van der Waals surface area contributed by atoms with Crippen molar-refractivity contribution in [1.29, 1.82) is 0 Å². The number of hydrogen-bond donors (Lipinski definition) is 0. The lowest BCUT2D eigenvalue weighted by Crippen LogP contribution is -2.09. The van der Waals surface area contributed by atoms with E-state index >= 15 is 0 Å². The van der Waals surface area contributed by atoms with Gasteiger partial charge in [0.1, 0.15) is 0 Å². The van der Waals surface area contributed by atoms with Gasteiger partial charge in [-0.3, -0.25) is 4.79 Å². The van der Waals surface area contributed by atoms with E-state index in [1.165, 1.54) is 0 Å². The number of Topliss-reactive ketones (excluding diaryl/α,β-unsaturated/α-hetero) is 1. The first kappa shape index (κ1) is 14.0. The fourth-order valence-corrected chi connectivity index (χ4v) is 1.86. The summed E-state index contributed by atoms with van der Waals surface area (Å²) in [6.45, 7) is 0.224. The van der Waals surface area contributed by atoms with Crippen LogP contribution in [0.3, 0.4) is 0 Å². The minimum atomic E-state index is -0.0698. The van der Waals surface area contributed by atoms with Gasteiger partial charge in [0.25, 0.3) is 0 Å². The van der Waals surface area contributed by atoms with Crippen LogP contribution >= 0.6 is 35.6 Å². The van der Waals surface area contributed by atoms with Crippen LogP contribution in [0.1, 0.15) is 10.4 Å². The highest BCUT2D eigenvalue weighted by Gasteiger charge is 2.10. The average molecular weight is 292 g/mol. The molecule has 1 aromatic carbocycles. The lowest BCUT2D eigenvalue weighted by Gasteiger charge is -2.04. The Morgan fingerprint density at radius 1 is 1.35 bits per heavy atom. The molecule has 0 atom stereocenters. The quantitative estimate of drug-likeness (QED) is 0.811. The van der Waals surface area contributed by atoms with Gasteiger partial charge in [0.05, 0.1) is 17.9 Å². The Labute approximate surface area is 115 Å². The first-order valence-electron chi connectivity index (χ1n) is 4.61. The Bertz CT molecular complexity index is 511. The second kappa shape index (κ2) is 6.05. The number of carbonyl (C=O) groups is 1. The van der Waals surface area contributed by atoms with E-state index in [-0.39, 0.29) is 24.7 Å². The molecule has 3 nitrogen and oxygen atoms in total. The third-order valence-corrected chi connectivity index (χ3v) is 2.66. The van der Waals surface area contributed by atoms with Crippen molar-refractivity contribution in [2.45, 2.75) is 6.54 Å². The van der Waals surface area contributed by atoms with Gasteiger partial charge in [0.15, 0.2) is 5.78 Å². The molecule has 0 amide bonds. The standard InChI is InChI=1S/C11H8Cl2N2O.ClH/c12-8-1-2-9(10(13)5-8)11(16)6-15-4-3-14-7-15;/h1-5,7H,6H2;1H. The normalized spacial score (nSPS) is 9.76. The zero-order valence-corrected chi connectivity index (χ0v) is 11.0. The third-order valence-electron chi connectivity index (χ3n) is 2.12. The molecule has 0 spiro atoms. The minimum Gasteiger partial charge on any atom is -0.330 e. The van der Waals surface area contributed by atoms with E-state index in [9.17, 15) is 4.79 Å². The lowest BCUT2D eigenvalue weighted by molar-refractivity contribution is 0.0972. The van der Waals surface area contributed by atoms with Crippen LogP contribution in [-0.2, 0) is 6.54 Å². The first-order chi connectivity index (χ1) is 7.66. The topological polar surface area (TPSA) is 34.9 Å². The lowest BCUT2D eigenvalue weighted by atomic mass is 10.1. The van der Waals surface area contributed by atoms with E-state index in [0.717, 1.165) is 0 Å². The maximum absolute atomic E-state index is 11.9. The predicted octanol–water partition coefficient (Wildman–Crippen LogP) is 3.49. The maximum Gasteiger partial charge on any atom is 0.184 e. The predicted molar refractivity (Wildman–Crippen MR) is 70.3 cm³/mol. The van der Waals surface area contributed by atoms with Crippen LogP contribution in [0.4, 0.5) is 0 Å². The molecule has 0 aliphatic heterocycles. The monoisotopic (exact) mass is 290 g/mol. The highest BCUT2D eigenvalue weighted by Crippen LogP contribution is 2.21. The number of halogens is 3. The van der Waals surface area contributed by atoms with E-state index in [4.69, 9.17) is 23.2 Å². The molecule has 90 valence electrons. The first-order valence-corrected chi connectivity index (χ1v) is 5.36. The SMILES string of the molecule is Cl.O=C(Cn1ccnc1)c1ccc(Cl)cc1Cl.